The number of sulfonamides is 2. The molecule has 24 heteroatoms. The summed E-state index contributed by atoms with van der Waals surface area (Å²) in [4.78, 5) is 86.9. The summed E-state index contributed by atoms with van der Waals surface area (Å²) in [6, 6.07) is 10.6. The summed E-state index contributed by atoms with van der Waals surface area (Å²) >= 11 is 0. The zero-order valence-electron chi connectivity index (χ0n) is 43.0. The molecular formula is C50H71N7O15S2. The van der Waals surface area contributed by atoms with Gasteiger partial charge in [-0.25, -0.2) is 45.5 Å². The van der Waals surface area contributed by atoms with Crippen LogP contribution in [0.4, 0.5) is 25.8 Å². The fourth-order valence-electron chi connectivity index (χ4n) is 8.03. The lowest BCUT2D eigenvalue weighted by molar-refractivity contribution is -0.143. The van der Waals surface area contributed by atoms with E-state index in [1.165, 1.54) is 55.7 Å². The number of ether oxygens (including phenoxy) is 4. The van der Waals surface area contributed by atoms with Gasteiger partial charge in [0.2, 0.25) is 5.91 Å². The second-order valence-electron chi connectivity index (χ2n) is 20.2. The first kappa shape index (κ1) is 59.9. The first-order valence-electron chi connectivity index (χ1n) is 24.2. The number of anilines is 2. The highest BCUT2D eigenvalue weighted by Crippen LogP contribution is 2.46. The van der Waals surface area contributed by atoms with Gasteiger partial charge >= 0.3 is 24.2 Å². The van der Waals surface area contributed by atoms with Crippen molar-refractivity contribution in [1.82, 2.24) is 25.4 Å². The number of unbranched alkanes of at least 4 members (excludes halogenated alkanes) is 3. The molecule has 2 aromatic carbocycles. The lowest BCUT2D eigenvalue weighted by Crippen LogP contribution is -2.52. The normalized spacial score (nSPS) is 20.6. The Morgan fingerprint density at radius 2 is 1.18 bits per heavy atom. The molecule has 0 aliphatic heterocycles. The quantitative estimate of drug-likeness (QED) is 0.0248. The Balaban J connectivity index is 0.000000383. The molecule has 408 valence electrons. The number of carbonyl (C=O) groups is 7. The van der Waals surface area contributed by atoms with Gasteiger partial charge in [-0.2, -0.15) is 0 Å². The maximum atomic E-state index is 13.3. The number of benzene rings is 2. The Hall–Kier alpha value is -6.69. The van der Waals surface area contributed by atoms with E-state index < -0.39 is 102 Å². The Morgan fingerprint density at radius 3 is 1.65 bits per heavy atom. The Morgan fingerprint density at radius 1 is 0.703 bits per heavy atom. The third kappa shape index (κ3) is 17.2. The van der Waals surface area contributed by atoms with Crippen molar-refractivity contribution in [3.05, 3.63) is 73.8 Å². The molecule has 0 saturated heterocycles. The SMILES string of the molecule is C=C[C@@H]1C[C@]1(NC(=O)OC(C)(C)C)C(=O)NS(=O)(=O)c1ccccc1N.C=C[C@@H]1C[C@]1(NC(=O)OC(C)(C)C)C(=O)NS(=O)(=O)c1ccccc1NC(=O)CCCCCC[C@H](NC(=O)OC1CCCC1)C(=O)OC. The molecule has 3 aliphatic carbocycles. The lowest BCUT2D eigenvalue weighted by atomic mass is 10.1. The van der Waals surface area contributed by atoms with Crippen molar-refractivity contribution in [2.24, 2.45) is 11.8 Å². The van der Waals surface area contributed by atoms with Gasteiger partial charge in [-0.15, -0.1) is 13.2 Å². The van der Waals surface area contributed by atoms with Crippen LogP contribution in [0.2, 0.25) is 0 Å². The maximum Gasteiger partial charge on any atom is 0.408 e. The topological polar surface area (TPSA) is 323 Å². The van der Waals surface area contributed by atoms with Gasteiger partial charge in [0, 0.05) is 18.3 Å². The average molecular weight is 1070 g/mol. The molecule has 0 spiro atoms. The number of rotatable bonds is 21. The highest BCUT2D eigenvalue weighted by Gasteiger charge is 2.62. The average Bonchev–Trinajstić information content (AvgIpc) is 4.13. The van der Waals surface area contributed by atoms with E-state index in [2.05, 4.69) is 34.4 Å². The smallest absolute Gasteiger partial charge is 0.408 e. The number of hydrogen-bond donors (Lipinski definition) is 7. The van der Waals surface area contributed by atoms with Crippen molar-refractivity contribution in [1.29, 1.82) is 0 Å². The maximum absolute atomic E-state index is 13.3. The minimum Gasteiger partial charge on any atom is -0.467 e. The number of esters is 1. The van der Waals surface area contributed by atoms with Crippen molar-refractivity contribution >= 4 is 73.4 Å². The van der Waals surface area contributed by atoms with Crippen LogP contribution in [0.1, 0.15) is 119 Å². The van der Waals surface area contributed by atoms with Crippen LogP contribution in [0.15, 0.2) is 83.6 Å². The van der Waals surface area contributed by atoms with E-state index in [0.29, 0.717) is 32.1 Å². The number of carbonyl (C=O) groups excluding carboxylic acids is 7. The number of nitrogen functional groups attached to an aromatic ring is 1. The second kappa shape index (κ2) is 25.0. The van der Waals surface area contributed by atoms with Gasteiger partial charge in [0.25, 0.3) is 31.9 Å². The molecule has 5 atom stereocenters. The van der Waals surface area contributed by atoms with Gasteiger partial charge in [0.1, 0.15) is 44.2 Å². The predicted octanol–water partition coefficient (Wildman–Crippen LogP) is 5.99. The standard InChI is InChI=1S/C33H48N4O10S.C17H23N3O5S/c1-6-22-21-33(22,36-31(42)47-32(2,3)4)29(40)37-48(43,44)26-19-14-13-17-24(26)34-27(38)20-10-8-7-9-18-25(28(39)45-5)35-30(41)46-23-15-11-12-16-23;1-5-11-10-17(11,19-15(22)25-16(2,3)4)14(21)20-26(23,24)13-9-7-6-8-12(13)18/h6,13-14,17,19,22-23,25H,1,7-12,15-16,18,20-21H2,2-5H3,(H,34,38)(H,35,41)(H,36,42)(H,37,40);5-9,11H,1,10,18H2,2-4H3,(H,19,22)(H,20,21)/t22-,25+,33-;11-,17-/m11/s1. The van der Waals surface area contributed by atoms with Crippen molar-refractivity contribution in [2.75, 3.05) is 18.2 Å². The summed E-state index contributed by atoms with van der Waals surface area (Å²) in [6.07, 6.45) is 7.32. The zero-order valence-corrected chi connectivity index (χ0v) is 44.6. The molecule has 0 bridgehead atoms. The van der Waals surface area contributed by atoms with Crippen molar-refractivity contribution in [2.45, 2.75) is 163 Å². The number of methoxy groups -OCH3 is 1. The Bertz CT molecular complexity index is 2640. The summed E-state index contributed by atoms with van der Waals surface area (Å²) in [5.74, 6) is -3.71. The van der Waals surface area contributed by atoms with Crippen LogP contribution in [0.5, 0.6) is 0 Å². The summed E-state index contributed by atoms with van der Waals surface area (Å²) < 4.78 is 76.2. The van der Waals surface area contributed by atoms with Crippen LogP contribution in [-0.4, -0.2) is 100 Å². The summed E-state index contributed by atoms with van der Waals surface area (Å²) in [5.41, 5.74) is 1.13. The first-order valence-corrected chi connectivity index (χ1v) is 27.2. The van der Waals surface area contributed by atoms with Crippen LogP contribution in [-0.2, 0) is 58.2 Å². The summed E-state index contributed by atoms with van der Waals surface area (Å²) in [7, 11) is -7.40. The minimum atomic E-state index is -4.46. The van der Waals surface area contributed by atoms with E-state index in [1.54, 1.807) is 53.7 Å². The van der Waals surface area contributed by atoms with Gasteiger partial charge in [-0.1, -0.05) is 55.7 Å². The molecule has 0 radical (unpaired) electrons. The van der Waals surface area contributed by atoms with Gasteiger partial charge in [-0.05, 0) is 117 Å². The van der Waals surface area contributed by atoms with Crippen molar-refractivity contribution in [3.8, 4) is 0 Å². The zero-order chi connectivity index (χ0) is 55.3. The fourth-order valence-corrected chi connectivity index (χ4v) is 10.4. The Labute approximate surface area is 433 Å². The van der Waals surface area contributed by atoms with Crippen molar-refractivity contribution in [3.63, 3.8) is 0 Å². The molecule has 2 aromatic rings. The molecule has 74 heavy (non-hydrogen) atoms. The van der Waals surface area contributed by atoms with Gasteiger partial charge < -0.3 is 45.9 Å². The second-order valence-corrected chi connectivity index (χ2v) is 23.5. The van der Waals surface area contributed by atoms with E-state index in [-0.39, 0.29) is 46.5 Å². The Kier molecular flexibility index (Phi) is 20.2. The van der Waals surface area contributed by atoms with E-state index in [9.17, 15) is 50.4 Å². The first-order chi connectivity index (χ1) is 34.5. The third-order valence-electron chi connectivity index (χ3n) is 12.0. The molecule has 3 saturated carbocycles. The monoisotopic (exact) mass is 1070 g/mol. The number of hydrogen-bond acceptors (Lipinski definition) is 16. The van der Waals surface area contributed by atoms with Gasteiger partial charge in [-0.3, -0.25) is 14.4 Å². The van der Waals surface area contributed by atoms with E-state index in [1.807, 2.05) is 9.44 Å². The lowest BCUT2D eigenvalue weighted by Gasteiger charge is -2.23. The van der Waals surface area contributed by atoms with Crippen LogP contribution in [0.25, 0.3) is 0 Å². The van der Waals surface area contributed by atoms with E-state index in [0.717, 1.165) is 25.7 Å². The molecule has 5 rings (SSSR count). The fraction of sp³-hybridized carbons (Fsp3) is 0.540. The highest BCUT2D eigenvalue weighted by molar-refractivity contribution is 7.90. The van der Waals surface area contributed by atoms with Gasteiger partial charge in [0.15, 0.2) is 0 Å². The highest BCUT2D eigenvalue weighted by atomic mass is 32.2. The molecule has 3 aliphatic rings. The molecule has 6 amide bonds. The van der Waals surface area contributed by atoms with Crippen LogP contribution < -0.4 is 36.4 Å². The summed E-state index contributed by atoms with van der Waals surface area (Å²) in [5, 5.41) is 10.2. The molecule has 3 fully saturated rings. The van der Waals surface area contributed by atoms with Crippen LogP contribution in [0.3, 0.4) is 0 Å². The van der Waals surface area contributed by atoms with Crippen LogP contribution in [0, 0.1) is 11.8 Å². The molecule has 0 heterocycles. The number of nitrogens with two attached hydrogens (primary N) is 1. The number of amides is 6. The predicted molar refractivity (Wildman–Crippen MR) is 273 cm³/mol. The molecule has 0 aromatic heterocycles. The number of nitrogens with one attached hydrogen (secondary N) is 6. The largest absolute Gasteiger partial charge is 0.467 e. The van der Waals surface area contributed by atoms with Gasteiger partial charge in [0.05, 0.1) is 18.5 Å². The molecule has 22 nitrogen and oxygen atoms in total. The van der Waals surface area contributed by atoms with E-state index in [4.69, 9.17) is 24.7 Å². The number of para-hydroxylation sites is 2. The molecule has 8 N–H and O–H groups in total. The number of alkyl carbamates (subject to hydrolysis) is 3. The molecule has 0 unspecified atom stereocenters. The van der Waals surface area contributed by atoms with E-state index >= 15 is 0 Å². The summed E-state index contributed by atoms with van der Waals surface area (Å²) in [6.45, 7) is 17.3. The van der Waals surface area contributed by atoms with Crippen molar-refractivity contribution < 1.29 is 69.3 Å². The third-order valence-corrected chi connectivity index (χ3v) is 14.8. The van der Waals surface area contributed by atoms with Crippen LogP contribution >= 0.6 is 0 Å². The molecular weight excluding hydrogens is 1000 g/mol. The minimum absolute atomic E-state index is 0.00972.